The average Bonchev–Trinajstić information content (AvgIpc) is 3.06. The molecule has 1 amide bonds. The summed E-state index contributed by atoms with van der Waals surface area (Å²) in [5.74, 6) is 0.192. The van der Waals surface area contributed by atoms with Crippen LogP contribution < -0.4 is 5.32 Å². The number of morpholine rings is 1. The van der Waals surface area contributed by atoms with Gasteiger partial charge in [-0.2, -0.15) is 0 Å². The van der Waals surface area contributed by atoms with E-state index in [4.69, 9.17) is 4.74 Å². The fourth-order valence-electron chi connectivity index (χ4n) is 2.88. The lowest BCUT2D eigenvalue weighted by Gasteiger charge is -2.29. The van der Waals surface area contributed by atoms with E-state index in [-0.39, 0.29) is 11.9 Å². The van der Waals surface area contributed by atoms with E-state index in [2.05, 4.69) is 11.4 Å². The topological polar surface area (TPSA) is 41.6 Å². The minimum Gasteiger partial charge on any atom is -0.378 e. The number of hydrogen-bond donors (Lipinski definition) is 1. The monoisotopic (exact) mass is 294 g/mol. The Morgan fingerprint density at radius 3 is 3.00 bits per heavy atom. The van der Waals surface area contributed by atoms with Crippen LogP contribution >= 0.6 is 11.3 Å². The highest BCUT2D eigenvalue weighted by atomic mass is 32.1. The SMILES string of the molecule is CC(NCc1cc2c(s1)CCC2)C(=O)N1CCOCC1. The van der Waals surface area contributed by atoms with Crippen molar-refractivity contribution in [1.82, 2.24) is 10.2 Å². The Bertz CT molecular complexity index is 459. The number of amides is 1. The first kappa shape index (κ1) is 14.0. The van der Waals surface area contributed by atoms with E-state index in [1.165, 1.54) is 29.7 Å². The molecule has 3 rings (SSSR count). The predicted molar refractivity (Wildman–Crippen MR) is 80.0 cm³/mol. The zero-order valence-corrected chi connectivity index (χ0v) is 12.8. The zero-order valence-electron chi connectivity index (χ0n) is 12.0. The lowest BCUT2D eigenvalue weighted by Crippen LogP contribution is -2.48. The Morgan fingerprint density at radius 2 is 2.25 bits per heavy atom. The van der Waals surface area contributed by atoms with E-state index >= 15 is 0 Å². The Labute approximate surface area is 124 Å². The van der Waals surface area contributed by atoms with Crippen molar-refractivity contribution >= 4 is 17.2 Å². The molecular weight excluding hydrogens is 272 g/mol. The van der Waals surface area contributed by atoms with Crippen molar-refractivity contribution in [2.45, 2.75) is 38.8 Å². The van der Waals surface area contributed by atoms with Crippen LogP contribution in [0.4, 0.5) is 0 Å². The lowest BCUT2D eigenvalue weighted by molar-refractivity contribution is -0.137. The van der Waals surface area contributed by atoms with E-state index in [0.29, 0.717) is 13.2 Å². The molecular formula is C15H22N2O2S. The van der Waals surface area contributed by atoms with Crippen molar-refractivity contribution in [1.29, 1.82) is 0 Å². The maximum atomic E-state index is 12.3. The molecule has 1 fully saturated rings. The third-order valence-electron chi connectivity index (χ3n) is 4.07. The Morgan fingerprint density at radius 1 is 1.45 bits per heavy atom. The third-order valence-corrected chi connectivity index (χ3v) is 5.31. The summed E-state index contributed by atoms with van der Waals surface area (Å²) < 4.78 is 5.28. The number of rotatable bonds is 4. The molecule has 1 aliphatic heterocycles. The second-order valence-electron chi connectivity index (χ2n) is 5.55. The summed E-state index contributed by atoms with van der Waals surface area (Å²) in [7, 11) is 0. The van der Waals surface area contributed by atoms with Gasteiger partial charge < -0.3 is 15.0 Å². The van der Waals surface area contributed by atoms with Crippen LogP contribution in [0.3, 0.4) is 0 Å². The van der Waals surface area contributed by atoms with Crippen LogP contribution in [0.1, 0.15) is 28.7 Å². The number of carbonyl (C=O) groups excluding carboxylic acids is 1. The molecule has 2 heterocycles. The molecule has 1 aromatic rings. The van der Waals surface area contributed by atoms with E-state index in [1.807, 2.05) is 23.2 Å². The van der Waals surface area contributed by atoms with Gasteiger partial charge in [-0.25, -0.2) is 0 Å². The molecule has 0 radical (unpaired) electrons. The van der Waals surface area contributed by atoms with Gasteiger partial charge in [0.05, 0.1) is 19.3 Å². The smallest absolute Gasteiger partial charge is 0.239 e. The largest absolute Gasteiger partial charge is 0.378 e. The van der Waals surface area contributed by atoms with Crippen molar-refractivity contribution < 1.29 is 9.53 Å². The van der Waals surface area contributed by atoms with Gasteiger partial charge in [0.2, 0.25) is 5.91 Å². The van der Waals surface area contributed by atoms with Crippen LogP contribution in [0.2, 0.25) is 0 Å². The van der Waals surface area contributed by atoms with Crippen molar-refractivity contribution in [3.05, 3.63) is 21.4 Å². The predicted octanol–water partition coefficient (Wildman–Crippen LogP) is 1.57. The molecule has 1 atom stereocenters. The van der Waals surface area contributed by atoms with Gasteiger partial charge in [0, 0.05) is 29.4 Å². The van der Waals surface area contributed by atoms with Gasteiger partial charge in [0.1, 0.15) is 0 Å². The normalized spacial score (nSPS) is 19.9. The van der Waals surface area contributed by atoms with Crippen LogP contribution in [0, 0.1) is 0 Å². The summed E-state index contributed by atoms with van der Waals surface area (Å²) in [5, 5.41) is 3.36. The molecule has 4 nitrogen and oxygen atoms in total. The Kier molecular flexibility index (Phi) is 4.38. The summed E-state index contributed by atoms with van der Waals surface area (Å²) in [6, 6.07) is 2.19. The number of ether oxygens (including phenoxy) is 1. The molecule has 5 heteroatoms. The van der Waals surface area contributed by atoms with Crippen molar-refractivity contribution in [2.24, 2.45) is 0 Å². The van der Waals surface area contributed by atoms with Crippen LogP contribution in [-0.4, -0.2) is 43.2 Å². The third kappa shape index (κ3) is 3.05. The summed E-state index contributed by atoms with van der Waals surface area (Å²) in [6.45, 7) is 5.52. The molecule has 1 aliphatic carbocycles. The quantitative estimate of drug-likeness (QED) is 0.916. The molecule has 1 aromatic heterocycles. The maximum absolute atomic E-state index is 12.3. The number of carbonyl (C=O) groups is 1. The first-order chi connectivity index (χ1) is 9.74. The number of thiophene rings is 1. The highest BCUT2D eigenvalue weighted by Gasteiger charge is 2.22. The molecule has 0 spiro atoms. The summed E-state index contributed by atoms with van der Waals surface area (Å²) in [5.41, 5.74) is 1.53. The molecule has 0 bridgehead atoms. The summed E-state index contributed by atoms with van der Waals surface area (Å²) >= 11 is 1.90. The molecule has 20 heavy (non-hydrogen) atoms. The Balaban J connectivity index is 1.50. The number of nitrogens with one attached hydrogen (secondary N) is 1. The lowest BCUT2D eigenvalue weighted by atomic mass is 10.2. The van der Waals surface area contributed by atoms with Crippen molar-refractivity contribution in [3.63, 3.8) is 0 Å². The number of hydrogen-bond acceptors (Lipinski definition) is 4. The molecule has 1 unspecified atom stereocenters. The first-order valence-corrected chi connectivity index (χ1v) is 8.26. The zero-order chi connectivity index (χ0) is 13.9. The van der Waals surface area contributed by atoms with Crippen LogP contribution in [0.25, 0.3) is 0 Å². The first-order valence-electron chi connectivity index (χ1n) is 7.44. The van der Waals surface area contributed by atoms with Gasteiger partial charge >= 0.3 is 0 Å². The van der Waals surface area contributed by atoms with Crippen LogP contribution in [-0.2, 0) is 28.9 Å². The highest BCUT2D eigenvalue weighted by molar-refractivity contribution is 7.12. The summed E-state index contributed by atoms with van der Waals surface area (Å²) in [6.07, 6.45) is 3.77. The van der Waals surface area contributed by atoms with Gasteiger partial charge in [-0.3, -0.25) is 4.79 Å². The van der Waals surface area contributed by atoms with Gasteiger partial charge in [-0.15, -0.1) is 11.3 Å². The van der Waals surface area contributed by atoms with Crippen LogP contribution in [0.5, 0.6) is 0 Å². The molecule has 1 N–H and O–H groups in total. The van der Waals surface area contributed by atoms with E-state index in [9.17, 15) is 4.79 Å². The number of fused-ring (bicyclic) bond motifs is 1. The molecule has 0 aromatic carbocycles. The number of nitrogens with zero attached hydrogens (tertiary/aromatic N) is 1. The van der Waals surface area contributed by atoms with Crippen LogP contribution in [0.15, 0.2) is 6.07 Å². The van der Waals surface area contributed by atoms with Gasteiger partial charge in [0.15, 0.2) is 0 Å². The highest BCUT2D eigenvalue weighted by Crippen LogP contribution is 2.30. The van der Waals surface area contributed by atoms with Crippen molar-refractivity contribution in [3.8, 4) is 0 Å². The maximum Gasteiger partial charge on any atom is 0.239 e. The van der Waals surface area contributed by atoms with Crippen molar-refractivity contribution in [2.75, 3.05) is 26.3 Å². The molecule has 110 valence electrons. The Hall–Kier alpha value is -0.910. The summed E-state index contributed by atoms with van der Waals surface area (Å²) in [4.78, 5) is 17.1. The minimum atomic E-state index is -0.120. The fraction of sp³-hybridized carbons (Fsp3) is 0.667. The second-order valence-corrected chi connectivity index (χ2v) is 6.78. The average molecular weight is 294 g/mol. The molecule has 2 aliphatic rings. The van der Waals surface area contributed by atoms with E-state index in [1.54, 1.807) is 4.88 Å². The standard InChI is InChI=1S/C15H22N2O2S/c1-11(15(18)17-5-7-19-8-6-17)16-10-13-9-12-3-2-4-14(12)20-13/h9,11,16H,2-8,10H2,1H3. The fourth-order valence-corrected chi connectivity index (χ4v) is 4.09. The van der Waals surface area contributed by atoms with Gasteiger partial charge in [-0.05, 0) is 37.8 Å². The minimum absolute atomic E-state index is 0.120. The number of aryl methyl sites for hydroxylation is 2. The molecule has 1 saturated heterocycles. The molecule has 0 saturated carbocycles. The van der Waals surface area contributed by atoms with Gasteiger partial charge in [-0.1, -0.05) is 0 Å². The van der Waals surface area contributed by atoms with E-state index < -0.39 is 0 Å². The van der Waals surface area contributed by atoms with E-state index in [0.717, 1.165) is 19.6 Å². The second kappa shape index (κ2) is 6.24. The van der Waals surface area contributed by atoms with Gasteiger partial charge in [0.25, 0.3) is 0 Å².